The Morgan fingerprint density at radius 2 is 1.77 bits per heavy atom. The molecule has 2 aromatic carbocycles. The second-order valence-corrected chi connectivity index (χ2v) is 8.29. The first kappa shape index (κ1) is 19.7. The van der Waals surface area contributed by atoms with Gasteiger partial charge in [-0.2, -0.15) is 5.26 Å². The van der Waals surface area contributed by atoms with Gasteiger partial charge in [-0.05, 0) is 17.7 Å². The molecule has 0 radical (unpaired) electrons. The van der Waals surface area contributed by atoms with Crippen molar-refractivity contribution in [3.63, 3.8) is 0 Å². The van der Waals surface area contributed by atoms with Gasteiger partial charge < -0.3 is 0 Å². The third-order valence-corrected chi connectivity index (χ3v) is 6.06. The molecule has 4 aromatic rings. The van der Waals surface area contributed by atoms with E-state index in [1.165, 1.54) is 35.5 Å². The van der Waals surface area contributed by atoms with Crippen molar-refractivity contribution >= 4 is 34.1 Å². The predicted molar refractivity (Wildman–Crippen MR) is 116 cm³/mol. The van der Waals surface area contributed by atoms with Crippen molar-refractivity contribution in [2.75, 3.05) is 5.32 Å². The molecule has 0 saturated carbocycles. The maximum atomic E-state index is 12.4. The van der Waals surface area contributed by atoms with E-state index in [1.807, 2.05) is 42.5 Å². The SMILES string of the molecule is N#Cc1ccc(CSc2nnc(NC(=O)c3cnc(-c4ccccc4)nc3)s2)cc1. The van der Waals surface area contributed by atoms with E-state index >= 15 is 0 Å². The summed E-state index contributed by atoms with van der Waals surface area (Å²) in [6.45, 7) is 0. The first-order valence-corrected chi connectivity index (χ1v) is 10.7. The van der Waals surface area contributed by atoms with E-state index in [9.17, 15) is 4.79 Å². The number of carbonyl (C=O) groups excluding carboxylic acids is 1. The molecule has 0 aliphatic heterocycles. The van der Waals surface area contributed by atoms with Gasteiger partial charge in [-0.25, -0.2) is 9.97 Å². The number of anilines is 1. The summed E-state index contributed by atoms with van der Waals surface area (Å²) < 4.78 is 0.741. The molecule has 2 aromatic heterocycles. The Morgan fingerprint density at radius 3 is 2.47 bits per heavy atom. The zero-order valence-electron chi connectivity index (χ0n) is 15.5. The summed E-state index contributed by atoms with van der Waals surface area (Å²) in [5.41, 5.74) is 2.94. The van der Waals surface area contributed by atoms with Crippen LogP contribution in [0.15, 0.2) is 71.3 Å². The monoisotopic (exact) mass is 430 g/mol. The van der Waals surface area contributed by atoms with Crippen LogP contribution in [0, 0.1) is 11.3 Å². The second-order valence-electron chi connectivity index (χ2n) is 6.09. The van der Waals surface area contributed by atoms with E-state index in [0.29, 0.717) is 27.8 Å². The predicted octanol–water partition coefficient (Wildman–Crippen LogP) is 4.41. The van der Waals surface area contributed by atoms with Gasteiger partial charge in [0.05, 0.1) is 17.2 Å². The Labute approximate surface area is 180 Å². The average Bonchev–Trinajstić information content (AvgIpc) is 3.26. The smallest absolute Gasteiger partial charge is 0.260 e. The number of carbonyl (C=O) groups is 1. The Hall–Kier alpha value is -3.61. The molecule has 2 heterocycles. The topological polar surface area (TPSA) is 104 Å². The van der Waals surface area contributed by atoms with Gasteiger partial charge in [-0.15, -0.1) is 10.2 Å². The molecule has 0 spiro atoms. The molecule has 0 atom stereocenters. The number of nitrogens with one attached hydrogen (secondary N) is 1. The molecule has 7 nitrogen and oxygen atoms in total. The first-order chi connectivity index (χ1) is 14.7. The van der Waals surface area contributed by atoms with Crippen LogP contribution >= 0.6 is 23.1 Å². The van der Waals surface area contributed by atoms with Crippen LogP contribution in [0.3, 0.4) is 0 Å². The highest BCUT2D eigenvalue weighted by atomic mass is 32.2. The van der Waals surface area contributed by atoms with Crippen LogP contribution in [0.4, 0.5) is 5.13 Å². The number of hydrogen-bond acceptors (Lipinski definition) is 8. The lowest BCUT2D eigenvalue weighted by molar-refractivity contribution is 0.102. The minimum absolute atomic E-state index is 0.339. The normalized spacial score (nSPS) is 10.4. The standard InChI is InChI=1S/C21H14N6OS2/c22-10-14-6-8-15(9-7-14)13-29-21-27-26-20(30-21)25-19(28)17-11-23-18(24-12-17)16-4-2-1-3-5-16/h1-9,11-12H,13H2,(H,25,26,28). The Morgan fingerprint density at radius 1 is 1.03 bits per heavy atom. The molecule has 1 amide bonds. The lowest BCUT2D eigenvalue weighted by Gasteiger charge is -2.02. The number of aromatic nitrogens is 4. The highest BCUT2D eigenvalue weighted by Crippen LogP contribution is 2.28. The van der Waals surface area contributed by atoms with Gasteiger partial charge in [-0.3, -0.25) is 10.1 Å². The van der Waals surface area contributed by atoms with Crippen LogP contribution in [0.25, 0.3) is 11.4 Å². The molecule has 146 valence electrons. The summed E-state index contributed by atoms with van der Waals surface area (Å²) in [5.74, 6) is 0.919. The molecular weight excluding hydrogens is 416 g/mol. The van der Waals surface area contributed by atoms with Crippen molar-refractivity contribution in [3.8, 4) is 17.5 Å². The summed E-state index contributed by atoms with van der Waals surface area (Å²) >= 11 is 2.81. The number of amides is 1. The largest absolute Gasteiger partial charge is 0.296 e. The van der Waals surface area contributed by atoms with Gasteiger partial charge in [0.2, 0.25) is 5.13 Å². The maximum absolute atomic E-state index is 12.4. The Bertz CT molecular complexity index is 1180. The fourth-order valence-electron chi connectivity index (χ4n) is 2.49. The fraction of sp³-hybridized carbons (Fsp3) is 0.0476. The van der Waals surface area contributed by atoms with Crippen LogP contribution in [-0.4, -0.2) is 26.1 Å². The molecule has 0 saturated heterocycles. The van der Waals surface area contributed by atoms with Crippen molar-refractivity contribution in [2.24, 2.45) is 0 Å². The van der Waals surface area contributed by atoms with Crippen molar-refractivity contribution in [3.05, 3.63) is 83.7 Å². The van der Waals surface area contributed by atoms with E-state index in [4.69, 9.17) is 5.26 Å². The molecule has 0 aliphatic rings. The number of thioether (sulfide) groups is 1. The first-order valence-electron chi connectivity index (χ1n) is 8.85. The maximum Gasteiger partial charge on any atom is 0.260 e. The minimum Gasteiger partial charge on any atom is -0.296 e. The van der Waals surface area contributed by atoms with Gasteiger partial charge in [0.15, 0.2) is 10.2 Å². The number of benzene rings is 2. The highest BCUT2D eigenvalue weighted by molar-refractivity contribution is 8.00. The van der Waals surface area contributed by atoms with Crippen molar-refractivity contribution in [2.45, 2.75) is 10.1 Å². The molecule has 30 heavy (non-hydrogen) atoms. The Balaban J connectivity index is 1.35. The summed E-state index contributed by atoms with van der Waals surface area (Å²) in [6, 6.07) is 19.0. The molecule has 0 unspecified atom stereocenters. The minimum atomic E-state index is -0.339. The molecule has 9 heteroatoms. The van der Waals surface area contributed by atoms with Gasteiger partial charge in [0, 0.05) is 23.7 Å². The number of nitriles is 1. The summed E-state index contributed by atoms with van der Waals surface area (Å²) in [6.07, 6.45) is 2.98. The number of nitrogens with zero attached hydrogens (tertiary/aromatic N) is 5. The van der Waals surface area contributed by atoms with Gasteiger partial charge in [0.1, 0.15) is 0 Å². The fourth-order valence-corrected chi connectivity index (χ4v) is 4.19. The van der Waals surface area contributed by atoms with E-state index in [2.05, 4.69) is 31.6 Å². The molecule has 1 N–H and O–H groups in total. The number of hydrogen-bond donors (Lipinski definition) is 1. The Kier molecular flexibility index (Phi) is 6.08. The van der Waals surface area contributed by atoms with Crippen molar-refractivity contribution in [1.82, 2.24) is 20.2 Å². The van der Waals surface area contributed by atoms with Crippen LogP contribution < -0.4 is 5.32 Å². The molecule has 0 bridgehead atoms. The van der Waals surface area contributed by atoms with Crippen LogP contribution in [-0.2, 0) is 5.75 Å². The van der Waals surface area contributed by atoms with E-state index < -0.39 is 0 Å². The second kappa shape index (κ2) is 9.26. The lowest BCUT2D eigenvalue weighted by Crippen LogP contribution is -2.12. The zero-order valence-corrected chi connectivity index (χ0v) is 17.2. The third kappa shape index (κ3) is 4.86. The summed E-state index contributed by atoms with van der Waals surface area (Å²) in [5, 5.41) is 20.1. The third-order valence-electron chi connectivity index (χ3n) is 4.02. The van der Waals surface area contributed by atoms with E-state index in [1.54, 1.807) is 12.1 Å². The quantitative estimate of drug-likeness (QED) is 0.357. The van der Waals surface area contributed by atoms with Crippen LogP contribution in [0.1, 0.15) is 21.5 Å². The average molecular weight is 431 g/mol. The summed E-state index contributed by atoms with van der Waals surface area (Å²) in [4.78, 5) is 21.0. The zero-order chi connectivity index (χ0) is 20.8. The molecule has 0 fully saturated rings. The van der Waals surface area contributed by atoms with Gasteiger partial charge in [0.25, 0.3) is 5.91 Å². The van der Waals surface area contributed by atoms with Crippen LogP contribution in [0.5, 0.6) is 0 Å². The molecule has 4 rings (SSSR count). The molecule has 0 aliphatic carbocycles. The lowest BCUT2D eigenvalue weighted by atomic mass is 10.2. The van der Waals surface area contributed by atoms with Gasteiger partial charge >= 0.3 is 0 Å². The molecular formula is C21H14N6OS2. The number of rotatable bonds is 6. The van der Waals surface area contributed by atoms with Crippen LogP contribution in [0.2, 0.25) is 0 Å². The highest BCUT2D eigenvalue weighted by Gasteiger charge is 2.12. The van der Waals surface area contributed by atoms with E-state index in [0.717, 1.165) is 15.5 Å². The van der Waals surface area contributed by atoms with Crippen molar-refractivity contribution < 1.29 is 4.79 Å². The van der Waals surface area contributed by atoms with Gasteiger partial charge in [-0.1, -0.05) is 65.6 Å². The summed E-state index contributed by atoms with van der Waals surface area (Å²) in [7, 11) is 0. The van der Waals surface area contributed by atoms with Crippen molar-refractivity contribution in [1.29, 1.82) is 5.26 Å². The van der Waals surface area contributed by atoms with E-state index in [-0.39, 0.29) is 5.91 Å².